The summed E-state index contributed by atoms with van der Waals surface area (Å²) in [7, 11) is 0. The van der Waals surface area contributed by atoms with Crippen molar-refractivity contribution in [2.75, 3.05) is 24.5 Å². The number of amides is 1. The molecule has 2 aromatic carbocycles. The fraction of sp³-hybridized carbons (Fsp3) is 0.308. The first-order chi connectivity index (χ1) is 17.0. The Morgan fingerprint density at radius 1 is 1.14 bits per heavy atom. The summed E-state index contributed by atoms with van der Waals surface area (Å²) in [5.74, 6) is 1.21. The van der Waals surface area contributed by atoms with Gasteiger partial charge in [0, 0.05) is 30.6 Å². The molecule has 3 heterocycles. The Kier molecular flexibility index (Phi) is 6.63. The first-order valence-electron chi connectivity index (χ1n) is 11.7. The smallest absolute Gasteiger partial charge is 0.223 e. The molecule has 0 aliphatic carbocycles. The number of halogens is 2. The molecule has 0 spiro atoms. The molecule has 0 radical (unpaired) electrons. The van der Waals surface area contributed by atoms with Crippen molar-refractivity contribution in [2.45, 2.75) is 26.2 Å². The van der Waals surface area contributed by atoms with Crippen molar-refractivity contribution in [3.05, 3.63) is 77.0 Å². The predicted octanol–water partition coefficient (Wildman–Crippen LogP) is 4.49. The summed E-state index contributed by atoms with van der Waals surface area (Å²) in [5.41, 5.74) is 2.18. The molecule has 1 amide bonds. The molecule has 5 rings (SSSR count). The Balaban J connectivity index is 1.25. The number of rotatable bonds is 6. The number of hydrogen-bond donors (Lipinski definition) is 1. The van der Waals surface area contributed by atoms with Gasteiger partial charge in [-0.15, -0.1) is 0 Å². The number of nitrogens with zero attached hydrogens (tertiary/aromatic N) is 5. The van der Waals surface area contributed by atoms with E-state index in [9.17, 15) is 9.18 Å². The van der Waals surface area contributed by atoms with E-state index in [0.29, 0.717) is 42.5 Å². The average Bonchev–Trinajstić information content (AvgIpc) is 3.28. The van der Waals surface area contributed by atoms with E-state index in [1.54, 1.807) is 29.1 Å². The monoisotopic (exact) mass is 492 g/mol. The molecule has 1 aliphatic heterocycles. The highest BCUT2D eigenvalue weighted by atomic mass is 35.5. The Hall–Kier alpha value is -3.52. The number of fused-ring (bicyclic) bond motifs is 1. The summed E-state index contributed by atoms with van der Waals surface area (Å²) in [4.78, 5) is 24.2. The summed E-state index contributed by atoms with van der Waals surface area (Å²) in [6, 6.07) is 14.2. The van der Waals surface area contributed by atoms with Crippen molar-refractivity contribution in [1.29, 1.82) is 0 Å². The lowest BCUT2D eigenvalue weighted by Crippen LogP contribution is -2.41. The summed E-state index contributed by atoms with van der Waals surface area (Å²) in [6.45, 7) is 3.71. The van der Waals surface area contributed by atoms with Gasteiger partial charge in [0.05, 0.1) is 17.3 Å². The standard InChI is InChI=1S/C26H26ClFN6O/c1-17-31-24(22-16-30-34(25(22)32-17)21-7-4-6-20(27)15-21)33-13-10-19(11-14-33)26(35)29-12-9-18-5-2-3-8-23(18)28/h2-8,15-16,19H,9-14H2,1H3,(H,29,35). The molecular formula is C26H26ClFN6O. The molecule has 0 saturated carbocycles. The van der Waals surface area contributed by atoms with Crippen molar-refractivity contribution >= 4 is 34.4 Å². The van der Waals surface area contributed by atoms with E-state index in [1.165, 1.54) is 6.07 Å². The van der Waals surface area contributed by atoms with Gasteiger partial charge in [-0.05, 0) is 56.0 Å². The minimum atomic E-state index is -0.236. The van der Waals surface area contributed by atoms with Crippen LogP contribution in [-0.2, 0) is 11.2 Å². The zero-order chi connectivity index (χ0) is 24.4. The van der Waals surface area contributed by atoms with Gasteiger partial charge in [-0.25, -0.2) is 19.0 Å². The van der Waals surface area contributed by atoms with Crippen LogP contribution in [0.3, 0.4) is 0 Å². The van der Waals surface area contributed by atoms with Crippen LogP contribution < -0.4 is 10.2 Å². The summed E-state index contributed by atoms with van der Waals surface area (Å²) in [6.07, 6.45) is 3.70. The molecule has 0 unspecified atom stereocenters. The molecule has 1 aliphatic rings. The van der Waals surface area contributed by atoms with Crippen molar-refractivity contribution in [3.63, 3.8) is 0 Å². The van der Waals surface area contributed by atoms with Gasteiger partial charge in [-0.3, -0.25) is 4.79 Å². The van der Waals surface area contributed by atoms with Crippen LogP contribution in [0.4, 0.5) is 10.2 Å². The maximum atomic E-state index is 13.8. The second-order valence-electron chi connectivity index (χ2n) is 8.76. The minimum Gasteiger partial charge on any atom is -0.356 e. The van der Waals surface area contributed by atoms with E-state index in [1.807, 2.05) is 31.2 Å². The third kappa shape index (κ3) is 4.98. The van der Waals surface area contributed by atoms with Gasteiger partial charge in [-0.2, -0.15) is 5.10 Å². The number of anilines is 1. The quantitative estimate of drug-likeness (QED) is 0.429. The van der Waals surface area contributed by atoms with Gasteiger partial charge < -0.3 is 10.2 Å². The zero-order valence-corrected chi connectivity index (χ0v) is 20.2. The van der Waals surface area contributed by atoms with E-state index in [-0.39, 0.29) is 17.6 Å². The lowest BCUT2D eigenvalue weighted by Gasteiger charge is -2.32. The van der Waals surface area contributed by atoms with Gasteiger partial charge in [0.15, 0.2) is 5.65 Å². The van der Waals surface area contributed by atoms with Crippen LogP contribution in [0.2, 0.25) is 5.02 Å². The van der Waals surface area contributed by atoms with Crippen LogP contribution in [-0.4, -0.2) is 45.3 Å². The Bertz CT molecular complexity index is 1370. The van der Waals surface area contributed by atoms with E-state index >= 15 is 0 Å². The molecule has 9 heteroatoms. The lowest BCUT2D eigenvalue weighted by molar-refractivity contribution is -0.125. The van der Waals surface area contributed by atoms with E-state index in [0.717, 1.165) is 35.4 Å². The number of hydrogen-bond acceptors (Lipinski definition) is 5. The average molecular weight is 493 g/mol. The van der Waals surface area contributed by atoms with E-state index in [4.69, 9.17) is 16.6 Å². The molecule has 1 fully saturated rings. The van der Waals surface area contributed by atoms with E-state index in [2.05, 4.69) is 20.3 Å². The van der Waals surface area contributed by atoms with Gasteiger partial charge in [0.1, 0.15) is 17.5 Å². The highest BCUT2D eigenvalue weighted by Crippen LogP contribution is 2.29. The number of piperidine rings is 1. The summed E-state index contributed by atoms with van der Waals surface area (Å²) >= 11 is 6.17. The number of carbonyl (C=O) groups is 1. The molecule has 1 saturated heterocycles. The minimum absolute atomic E-state index is 0.0266. The Morgan fingerprint density at radius 3 is 2.71 bits per heavy atom. The molecule has 4 aromatic rings. The molecule has 2 aromatic heterocycles. The van der Waals surface area contributed by atoms with Gasteiger partial charge in [0.25, 0.3) is 0 Å². The van der Waals surface area contributed by atoms with Crippen LogP contribution in [0.25, 0.3) is 16.7 Å². The fourth-order valence-corrected chi connectivity index (χ4v) is 4.74. The first-order valence-corrected chi connectivity index (χ1v) is 12.1. The van der Waals surface area contributed by atoms with Crippen molar-refractivity contribution < 1.29 is 9.18 Å². The van der Waals surface area contributed by atoms with Crippen LogP contribution >= 0.6 is 11.6 Å². The van der Waals surface area contributed by atoms with E-state index < -0.39 is 0 Å². The van der Waals surface area contributed by atoms with Crippen molar-refractivity contribution in [3.8, 4) is 5.69 Å². The topological polar surface area (TPSA) is 75.9 Å². The first kappa shape index (κ1) is 23.2. The molecule has 35 heavy (non-hydrogen) atoms. The SMILES string of the molecule is Cc1nc(N2CCC(C(=O)NCCc3ccccc3F)CC2)c2cnn(-c3cccc(Cl)c3)c2n1. The summed E-state index contributed by atoms with van der Waals surface area (Å²) < 4.78 is 15.6. The number of carbonyl (C=O) groups excluding carboxylic acids is 1. The molecule has 0 atom stereocenters. The Morgan fingerprint density at radius 2 is 1.94 bits per heavy atom. The third-order valence-electron chi connectivity index (χ3n) is 6.39. The maximum Gasteiger partial charge on any atom is 0.223 e. The molecule has 7 nitrogen and oxygen atoms in total. The van der Waals surface area contributed by atoms with Gasteiger partial charge in [-0.1, -0.05) is 35.9 Å². The zero-order valence-electron chi connectivity index (χ0n) is 19.4. The number of aromatic nitrogens is 4. The van der Waals surface area contributed by atoms with Crippen LogP contribution in [0.5, 0.6) is 0 Å². The number of nitrogens with one attached hydrogen (secondary N) is 1. The van der Waals surface area contributed by atoms with Crippen LogP contribution in [0.1, 0.15) is 24.2 Å². The van der Waals surface area contributed by atoms with Crippen LogP contribution in [0.15, 0.2) is 54.7 Å². The highest BCUT2D eigenvalue weighted by Gasteiger charge is 2.27. The maximum absolute atomic E-state index is 13.8. The van der Waals surface area contributed by atoms with Crippen molar-refractivity contribution in [1.82, 2.24) is 25.1 Å². The van der Waals surface area contributed by atoms with Crippen molar-refractivity contribution in [2.24, 2.45) is 5.92 Å². The predicted molar refractivity (Wildman–Crippen MR) is 134 cm³/mol. The van der Waals surface area contributed by atoms with Gasteiger partial charge >= 0.3 is 0 Å². The lowest BCUT2D eigenvalue weighted by atomic mass is 9.95. The fourth-order valence-electron chi connectivity index (χ4n) is 4.56. The second-order valence-corrected chi connectivity index (χ2v) is 9.20. The Labute approximate surface area is 207 Å². The van der Waals surface area contributed by atoms with Crippen LogP contribution in [0, 0.1) is 18.7 Å². The molecule has 0 bridgehead atoms. The molecule has 1 N–H and O–H groups in total. The number of aryl methyl sites for hydroxylation is 1. The molecule has 180 valence electrons. The second kappa shape index (κ2) is 10.00. The highest BCUT2D eigenvalue weighted by molar-refractivity contribution is 6.30. The number of benzene rings is 2. The third-order valence-corrected chi connectivity index (χ3v) is 6.62. The summed E-state index contributed by atoms with van der Waals surface area (Å²) in [5, 5.41) is 9.02. The van der Waals surface area contributed by atoms with Gasteiger partial charge in [0.2, 0.25) is 5.91 Å². The normalized spacial score (nSPS) is 14.4. The largest absolute Gasteiger partial charge is 0.356 e. The molecular weight excluding hydrogens is 467 g/mol.